The van der Waals surface area contributed by atoms with Crippen molar-refractivity contribution in [2.45, 2.75) is 12.2 Å². The Kier molecular flexibility index (Phi) is 4.94. The lowest BCUT2D eigenvalue weighted by molar-refractivity contribution is -0.139. The number of hydrogen-bond donors (Lipinski definition) is 3. The lowest BCUT2D eigenvalue weighted by Crippen LogP contribution is -2.54. The molecule has 3 N–H and O–H groups in total. The Hall–Kier alpha value is -2.88. The van der Waals surface area contributed by atoms with Crippen LogP contribution in [0.25, 0.3) is 0 Å². The van der Waals surface area contributed by atoms with Crippen molar-refractivity contribution in [2.75, 3.05) is 29.9 Å². The van der Waals surface area contributed by atoms with Gasteiger partial charge in [-0.3, -0.25) is 4.79 Å². The average Bonchev–Trinajstić information content (AvgIpc) is 2.62. The summed E-state index contributed by atoms with van der Waals surface area (Å²) in [5, 5.41) is 15.0. The highest BCUT2D eigenvalue weighted by molar-refractivity contribution is 5.76. The van der Waals surface area contributed by atoms with E-state index in [-0.39, 0.29) is 6.54 Å². The molecule has 10 heteroatoms. The summed E-state index contributed by atoms with van der Waals surface area (Å²) >= 11 is 0. The Morgan fingerprint density at radius 3 is 2.58 bits per heavy atom. The molecule has 1 unspecified atom stereocenters. The van der Waals surface area contributed by atoms with Gasteiger partial charge in [-0.2, -0.15) is 13.2 Å². The van der Waals surface area contributed by atoms with E-state index in [0.29, 0.717) is 30.4 Å². The number of halogens is 3. The first-order valence-corrected chi connectivity index (χ1v) is 7.81. The van der Waals surface area contributed by atoms with Crippen molar-refractivity contribution in [2.24, 2.45) is 0 Å². The molecule has 0 spiro atoms. The number of aliphatic carboxylic acids is 1. The van der Waals surface area contributed by atoms with Crippen LogP contribution in [0, 0.1) is 0 Å². The van der Waals surface area contributed by atoms with Crippen LogP contribution in [0.3, 0.4) is 0 Å². The normalized spacial score (nSPS) is 17.8. The zero-order valence-corrected chi connectivity index (χ0v) is 13.5. The molecule has 0 amide bonds. The maximum atomic E-state index is 12.7. The third-order valence-corrected chi connectivity index (χ3v) is 3.93. The van der Waals surface area contributed by atoms with Gasteiger partial charge in [-0.05, 0) is 24.3 Å². The molecule has 1 aliphatic rings. The maximum absolute atomic E-state index is 12.7. The number of nitrogens with zero attached hydrogens (tertiary/aromatic N) is 3. The molecule has 1 saturated heterocycles. The predicted molar refractivity (Wildman–Crippen MR) is 88.4 cm³/mol. The number of rotatable bonds is 4. The highest BCUT2D eigenvalue weighted by atomic mass is 19.4. The summed E-state index contributed by atoms with van der Waals surface area (Å²) in [7, 11) is 0. The molecule has 7 nitrogen and oxygen atoms in total. The van der Waals surface area contributed by atoms with E-state index in [2.05, 4.69) is 20.6 Å². The fourth-order valence-corrected chi connectivity index (χ4v) is 2.64. The Balaban J connectivity index is 1.80. The number of aromatic nitrogens is 2. The van der Waals surface area contributed by atoms with Gasteiger partial charge in [0.25, 0.3) is 0 Å². The van der Waals surface area contributed by atoms with E-state index < -0.39 is 23.8 Å². The number of alkyl halides is 3. The monoisotopic (exact) mass is 367 g/mol. The summed E-state index contributed by atoms with van der Waals surface area (Å²) < 4.78 is 38.0. The van der Waals surface area contributed by atoms with Crippen LogP contribution < -0.4 is 15.5 Å². The molecule has 138 valence electrons. The molecule has 1 aromatic carbocycles. The van der Waals surface area contributed by atoms with Crippen molar-refractivity contribution in [1.82, 2.24) is 15.3 Å². The van der Waals surface area contributed by atoms with E-state index >= 15 is 0 Å². The fourth-order valence-electron chi connectivity index (χ4n) is 2.64. The number of anilines is 3. The van der Waals surface area contributed by atoms with E-state index in [1.165, 1.54) is 24.5 Å². The van der Waals surface area contributed by atoms with Gasteiger partial charge in [0, 0.05) is 37.7 Å². The maximum Gasteiger partial charge on any atom is 0.416 e. The second-order valence-corrected chi connectivity index (χ2v) is 5.72. The lowest BCUT2D eigenvalue weighted by atomic mass is 10.2. The number of carboxylic acids is 1. The highest BCUT2D eigenvalue weighted by Crippen LogP contribution is 2.31. The van der Waals surface area contributed by atoms with Gasteiger partial charge in [0.05, 0.1) is 5.56 Å². The molecule has 26 heavy (non-hydrogen) atoms. The Labute approximate surface area is 146 Å². The third-order valence-electron chi connectivity index (χ3n) is 3.93. The molecule has 0 aliphatic carbocycles. The molecular formula is C16H16F3N5O2. The van der Waals surface area contributed by atoms with Crippen LogP contribution in [0.15, 0.2) is 36.7 Å². The van der Waals surface area contributed by atoms with Crippen molar-refractivity contribution in [3.8, 4) is 0 Å². The largest absolute Gasteiger partial charge is 0.480 e. The van der Waals surface area contributed by atoms with Crippen LogP contribution in [-0.4, -0.2) is 46.7 Å². The second-order valence-electron chi connectivity index (χ2n) is 5.72. The summed E-state index contributed by atoms with van der Waals surface area (Å²) in [5.74, 6) is -0.172. The van der Waals surface area contributed by atoms with Crippen molar-refractivity contribution in [1.29, 1.82) is 0 Å². The van der Waals surface area contributed by atoms with Crippen molar-refractivity contribution < 1.29 is 23.1 Å². The summed E-state index contributed by atoms with van der Waals surface area (Å²) in [6.45, 7) is 1.20. The molecule has 0 bridgehead atoms. The molecule has 0 saturated carbocycles. The van der Waals surface area contributed by atoms with Gasteiger partial charge in [-0.25, -0.2) is 9.97 Å². The van der Waals surface area contributed by atoms with E-state index in [0.717, 1.165) is 12.1 Å². The van der Waals surface area contributed by atoms with Gasteiger partial charge in [-0.1, -0.05) is 0 Å². The average molecular weight is 367 g/mol. The highest BCUT2D eigenvalue weighted by Gasteiger charge is 2.30. The molecule has 2 aromatic rings. The number of benzene rings is 1. The summed E-state index contributed by atoms with van der Waals surface area (Å²) in [6, 6.07) is 3.83. The predicted octanol–water partition coefficient (Wildman–Crippen LogP) is 2.10. The summed E-state index contributed by atoms with van der Waals surface area (Å²) in [4.78, 5) is 21.4. The smallest absolute Gasteiger partial charge is 0.416 e. The first kappa shape index (κ1) is 17.9. The minimum atomic E-state index is -4.40. The third kappa shape index (κ3) is 4.02. The van der Waals surface area contributed by atoms with Crippen molar-refractivity contribution in [3.05, 3.63) is 42.2 Å². The van der Waals surface area contributed by atoms with E-state index in [9.17, 15) is 18.0 Å². The first-order chi connectivity index (χ1) is 12.3. The first-order valence-electron chi connectivity index (χ1n) is 7.81. The van der Waals surface area contributed by atoms with Gasteiger partial charge in [0.15, 0.2) is 11.6 Å². The molecule has 2 heterocycles. The topological polar surface area (TPSA) is 90.4 Å². The van der Waals surface area contributed by atoms with Gasteiger partial charge in [0.1, 0.15) is 6.04 Å². The number of nitrogens with one attached hydrogen (secondary N) is 2. The fraction of sp³-hybridized carbons (Fsp3) is 0.312. The Morgan fingerprint density at radius 2 is 1.92 bits per heavy atom. The second kappa shape index (κ2) is 7.16. The SMILES string of the molecule is O=C(O)C1CN(c2nccnc2Nc2ccc(C(F)(F)F)cc2)CCN1. The van der Waals surface area contributed by atoms with Gasteiger partial charge in [-0.15, -0.1) is 0 Å². The lowest BCUT2D eigenvalue weighted by Gasteiger charge is -2.33. The van der Waals surface area contributed by atoms with Crippen LogP contribution in [-0.2, 0) is 11.0 Å². The molecule has 1 atom stereocenters. The van der Waals surface area contributed by atoms with E-state index in [1.54, 1.807) is 4.90 Å². The van der Waals surface area contributed by atoms with Crippen molar-refractivity contribution in [3.63, 3.8) is 0 Å². The number of piperazine rings is 1. The van der Waals surface area contributed by atoms with Crippen LogP contribution in [0.2, 0.25) is 0 Å². The van der Waals surface area contributed by atoms with Crippen LogP contribution in [0.5, 0.6) is 0 Å². The van der Waals surface area contributed by atoms with E-state index in [1.807, 2.05) is 0 Å². The van der Waals surface area contributed by atoms with Crippen LogP contribution in [0.1, 0.15) is 5.56 Å². The van der Waals surface area contributed by atoms with Crippen molar-refractivity contribution >= 4 is 23.3 Å². The number of carbonyl (C=O) groups is 1. The minimum absolute atomic E-state index is 0.204. The zero-order valence-electron chi connectivity index (χ0n) is 13.5. The van der Waals surface area contributed by atoms with E-state index in [4.69, 9.17) is 5.11 Å². The molecular weight excluding hydrogens is 351 g/mol. The van der Waals surface area contributed by atoms with Gasteiger partial charge in [0.2, 0.25) is 0 Å². The van der Waals surface area contributed by atoms with Crippen LogP contribution in [0.4, 0.5) is 30.5 Å². The Morgan fingerprint density at radius 1 is 1.23 bits per heavy atom. The standard InChI is InChI=1S/C16H16F3N5O2/c17-16(18,19)10-1-3-11(4-2-10)23-13-14(22-6-5-21-13)24-8-7-20-12(9-24)15(25)26/h1-6,12,20H,7-9H2,(H,21,23)(H,25,26). The molecule has 0 radical (unpaired) electrons. The number of hydrogen-bond acceptors (Lipinski definition) is 6. The zero-order chi connectivity index (χ0) is 18.7. The molecule has 1 aliphatic heterocycles. The van der Waals surface area contributed by atoms with Gasteiger partial charge < -0.3 is 20.6 Å². The quantitative estimate of drug-likeness (QED) is 0.762. The molecule has 1 fully saturated rings. The summed E-state index contributed by atoms with van der Waals surface area (Å²) in [5.41, 5.74) is -0.321. The molecule has 3 rings (SSSR count). The minimum Gasteiger partial charge on any atom is -0.480 e. The number of carboxylic acid groups (broad SMARTS) is 1. The van der Waals surface area contributed by atoms with Crippen LogP contribution >= 0.6 is 0 Å². The summed E-state index contributed by atoms with van der Waals surface area (Å²) in [6.07, 6.45) is -1.47. The van der Waals surface area contributed by atoms with Gasteiger partial charge >= 0.3 is 12.1 Å². The Bertz CT molecular complexity index is 782. The molecule has 1 aromatic heterocycles.